The van der Waals surface area contributed by atoms with Gasteiger partial charge in [-0.05, 0) is 24.3 Å². The van der Waals surface area contributed by atoms with E-state index in [-0.39, 0.29) is 11.7 Å². The third kappa shape index (κ3) is 3.89. The molecule has 1 radical (unpaired) electrons. The van der Waals surface area contributed by atoms with Gasteiger partial charge >= 0.3 is 0 Å². The van der Waals surface area contributed by atoms with Crippen LogP contribution < -0.4 is 4.72 Å². The first kappa shape index (κ1) is 12.0. The van der Waals surface area contributed by atoms with Crippen LogP contribution in [0.1, 0.15) is 10.4 Å². The molecular formula is C9H9ClNO3S. The topological polar surface area (TPSA) is 65.3 Å². The van der Waals surface area contributed by atoms with Crippen LogP contribution in [0.5, 0.6) is 0 Å². The van der Waals surface area contributed by atoms with Gasteiger partial charge in [-0.15, -0.1) is 11.6 Å². The average Bonchev–Trinajstić information content (AvgIpc) is 2.15. The van der Waals surface area contributed by atoms with Crippen molar-refractivity contribution in [1.82, 2.24) is 4.72 Å². The molecule has 15 heavy (non-hydrogen) atoms. The van der Waals surface area contributed by atoms with Crippen LogP contribution in [0.2, 0.25) is 0 Å². The highest BCUT2D eigenvalue weighted by atomic mass is 35.5. The van der Waals surface area contributed by atoms with E-state index in [0.717, 1.165) is 6.26 Å². The van der Waals surface area contributed by atoms with E-state index in [9.17, 15) is 13.2 Å². The molecule has 0 saturated carbocycles. The fourth-order valence-electron chi connectivity index (χ4n) is 0.977. The fraction of sp³-hybridized carbons (Fsp3) is 0.222. The van der Waals surface area contributed by atoms with Gasteiger partial charge in [0.05, 0.1) is 17.8 Å². The molecule has 0 spiro atoms. The predicted octanol–water partition coefficient (Wildman–Crippen LogP) is 1.30. The lowest BCUT2D eigenvalue weighted by molar-refractivity contribution is 0.102. The smallest absolute Gasteiger partial charge is 0.250 e. The molecule has 0 bridgehead atoms. The number of benzene rings is 1. The predicted molar refractivity (Wildman–Crippen MR) is 58.1 cm³/mol. The highest BCUT2D eigenvalue weighted by Gasteiger charge is 2.07. The molecule has 1 rings (SSSR count). The lowest BCUT2D eigenvalue weighted by Gasteiger charge is -2.01. The summed E-state index contributed by atoms with van der Waals surface area (Å²) in [4.78, 5) is 11.1. The van der Waals surface area contributed by atoms with Crippen molar-refractivity contribution >= 4 is 33.1 Å². The summed E-state index contributed by atoms with van der Waals surface area (Å²) < 4.78 is 25.1. The Morgan fingerprint density at radius 3 is 2.27 bits per heavy atom. The van der Waals surface area contributed by atoms with Crippen LogP contribution in [0.15, 0.2) is 24.3 Å². The molecule has 0 heterocycles. The number of rotatable bonds is 4. The van der Waals surface area contributed by atoms with Gasteiger partial charge in [0, 0.05) is 5.56 Å². The van der Waals surface area contributed by atoms with E-state index >= 15 is 0 Å². The van der Waals surface area contributed by atoms with Crippen molar-refractivity contribution in [3.05, 3.63) is 29.8 Å². The number of hydrogen-bond donors (Lipinski definition) is 0. The number of Topliss-reactive ketones (excluding diaryl/α,β-unsaturated/α-hetero) is 1. The van der Waals surface area contributed by atoms with Crippen LogP contribution in [0.4, 0.5) is 5.69 Å². The standard InChI is InChI=1S/C9H9ClNO3S/c1-15(13,14)11-8-4-2-7(3-5-8)9(12)6-10/h2-5H,6H2,1H3. The lowest BCUT2D eigenvalue weighted by atomic mass is 10.1. The van der Waals surface area contributed by atoms with E-state index in [4.69, 9.17) is 11.6 Å². The second-order valence-electron chi connectivity index (χ2n) is 2.93. The molecule has 0 atom stereocenters. The van der Waals surface area contributed by atoms with Crippen LogP contribution in [-0.4, -0.2) is 26.3 Å². The number of carbonyl (C=O) groups is 1. The molecule has 81 valence electrons. The summed E-state index contributed by atoms with van der Waals surface area (Å²) in [5.74, 6) is -0.301. The van der Waals surface area contributed by atoms with Gasteiger partial charge in [0.1, 0.15) is 0 Å². The molecular weight excluding hydrogens is 238 g/mol. The van der Waals surface area contributed by atoms with Crippen molar-refractivity contribution in [3.63, 3.8) is 0 Å². The summed E-state index contributed by atoms with van der Waals surface area (Å²) in [6.45, 7) is 0. The summed E-state index contributed by atoms with van der Waals surface area (Å²) in [5.41, 5.74) is 0.737. The van der Waals surface area contributed by atoms with E-state index in [1.165, 1.54) is 24.3 Å². The fourth-order valence-corrected chi connectivity index (χ4v) is 1.64. The van der Waals surface area contributed by atoms with E-state index in [2.05, 4.69) is 4.72 Å². The molecule has 0 N–H and O–H groups in total. The Morgan fingerprint density at radius 2 is 1.87 bits per heavy atom. The normalized spacial score (nSPS) is 11.1. The molecule has 4 nitrogen and oxygen atoms in total. The van der Waals surface area contributed by atoms with Crippen LogP contribution in [0.25, 0.3) is 0 Å². The van der Waals surface area contributed by atoms with Gasteiger partial charge in [-0.3, -0.25) is 4.79 Å². The minimum Gasteiger partial charge on any atom is -0.293 e. The highest BCUT2D eigenvalue weighted by Crippen LogP contribution is 2.11. The molecule has 0 amide bonds. The van der Waals surface area contributed by atoms with Gasteiger partial charge in [-0.1, -0.05) is 0 Å². The SMILES string of the molecule is CS(=O)(=O)[N]c1ccc(C(=O)CCl)cc1. The number of hydrogen-bond acceptors (Lipinski definition) is 3. The largest absolute Gasteiger partial charge is 0.293 e. The quantitative estimate of drug-likeness (QED) is 0.594. The van der Waals surface area contributed by atoms with Crippen molar-refractivity contribution in [2.45, 2.75) is 0 Å². The Kier molecular flexibility index (Phi) is 3.71. The van der Waals surface area contributed by atoms with Crippen molar-refractivity contribution in [2.24, 2.45) is 0 Å². The summed E-state index contributed by atoms with van der Waals surface area (Å²) in [5, 5.41) is 0. The van der Waals surface area contributed by atoms with Gasteiger partial charge in [0.15, 0.2) is 5.78 Å². The van der Waals surface area contributed by atoms with Crippen LogP contribution in [0.3, 0.4) is 0 Å². The first-order valence-corrected chi connectivity index (χ1v) is 6.43. The van der Waals surface area contributed by atoms with E-state index in [1.807, 2.05) is 0 Å². The second kappa shape index (κ2) is 4.63. The third-order valence-electron chi connectivity index (χ3n) is 1.58. The number of sulfonamides is 1. The molecule has 0 aliphatic rings. The maximum atomic E-state index is 11.1. The summed E-state index contributed by atoms with van der Waals surface area (Å²) in [6, 6.07) is 5.91. The number of nitrogens with zero attached hydrogens (tertiary/aromatic N) is 1. The summed E-state index contributed by atoms with van der Waals surface area (Å²) in [6.07, 6.45) is 1.00. The molecule has 0 fully saturated rings. The molecule has 0 aromatic heterocycles. The van der Waals surface area contributed by atoms with E-state index in [1.54, 1.807) is 0 Å². The summed E-state index contributed by atoms with van der Waals surface area (Å²) in [7, 11) is -3.40. The molecule has 1 aromatic carbocycles. The van der Waals surface area contributed by atoms with Crippen molar-refractivity contribution in [2.75, 3.05) is 12.1 Å². The maximum absolute atomic E-state index is 11.1. The molecule has 0 aliphatic carbocycles. The number of ketones is 1. The molecule has 0 aliphatic heterocycles. The maximum Gasteiger partial charge on any atom is 0.250 e. The van der Waals surface area contributed by atoms with Gasteiger partial charge in [-0.2, -0.15) is 4.72 Å². The van der Waals surface area contributed by atoms with Crippen molar-refractivity contribution < 1.29 is 13.2 Å². The number of halogens is 1. The zero-order valence-corrected chi connectivity index (χ0v) is 9.55. The third-order valence-corrected chi connectivity index (χ3v) is 2.37. The second-order valence-corrected chi connectivity index (χ2v) is 4.84. The Hall–Kier alpha value is -1.07. The van der Waals surface area contributed by atoms with Gasteiger partial charge in [0.25, 0.3) is 10.0 Å². The monoisotopic (exact) mass is 246 g/mol. The van der Waals surface area contributed by atoms with E-state index in [0.29, 0.717) is 11.3 Å². The zero-order chi connectivity index (χ0) is 11.5. The zero-order valence-electron chi connectivity index (χ0n) is 7.97. The first-order valence-electron chi connectivity index (χ1n) is 4.04. The summed E-state index contributed by atoms with van der Waals surface area (Å²) >= 11 is 5.36. The first-order chi connectivity index (χ1) is 6.92. The molecule has 6 heteroatoms. The van der Waals surface area contributed by atoms with Crippen molar-refractivity contribution in [1.29, 1.82) is 0 Å². The highest BCUT2D eigenvalue weighted by molar-refractivity contribution is 7.88. The van der Waals surface area contributed by atoms with Crippen molar-refractivity contribution in [3.8, 4) is 0 Å². The number of carbonyl (C=O) groups excluding carboxylic acids is 1. The Balaban J connectivity index is 2.86. The molecule has 0 unspecified atom stereocenters. The Morgan fingerprint density at radius 1 is 1.33 bits per heavy atom. The molecule has 0 saturated heterocycles. The van der Waals surface area contributed by atoms with Gasteiger partial charge < -0.3 is 0 Å². The minimum atomic E-state index is -3.40. The number of alkyl halides is 1. The Bertz CT molecular complexity index is 453. The average molecular weight is 247 g/mol. The van der Waals surface area contributed by atoms with Crippen LogP contribution in [-0.2, 0) is 10.0 Å². The van der Waals surface area contributed by atoms with E-state index < -0.39 is 10.0 Å². The lowest BCUT2D eigenvalue weighted by Crippen LogP contribution is -2.08. The Labute approximate surface area is 93.3 Å². The van der Waals surface area contributed by atoms with Crippen LogP contribution >= 0.6 is 11.6 Å². The van der Waals surface area contributed by atoms with Crippen LogP contribution in [0, 0.1) is 0 Å². The van der Waals surface area contributed by atoms with Gasteiger partial charge in [0.2, 0.25) is 0 Å². The minimum absolute atomic E-state index is 0.0947. The van der Waals surface area contributed by atoms with Gasteiger partial charge in [-0.25, -0.2) is 8.42 Å². The molecule has 1 aromatic rings.